The molecule has 0 rings (SSSR count). The Hall–Kier alpha value is -4.45. The third-order valence-electron chi connectivity index (χ3n) is 11.9. The Morgan fingerprint density at radius 2 is 0.569 bits per heavy atom. The second-order valence-electron chi connectivity index (χ2n) is 18.8. The van der Waals surface area contributed by atoms with E-state index < -0.39 is 6.10 Å². The van der Waals surface area contributed by atoms with Crippen LogP contribution in [0.1, 0.15) is 245 Å². The Bertz CT molecular complexity index is 1560. The van der Waals surface area contributed by atoms with Crippen LogP contribution in [-0.4, -0.2) is 37.2 Å². The minimum absolute atomic E-state index is 0.0897. The molecular weight excluding hydrogens is 889 g/mol. The van der Waals surface area contributed by atoms with E-state index in [1.165, 1.54) is 51.4 Å². The van der Waals surface area contributed by atoms with Crippen molar-refractivity contribution < 1.29 is 28.6 Å². The molecule has 1 atom stereocenters. The maximum absolute atomic E-state index is 12.7. The Balaban J connectivity index is 4.11. The number of hydrogen-bond donors (Lipinski definition) is 0. The van der Waals surface area contributed by atoms with E-state index in [0.29, 0.717) is 19.3 Å². The lowest BCUT2D eigenvalue weighted by Gasteiger charge is -2.18. The predicted molar refractivity (Wildman–Crippen MR) is 311 cm³/mol. The molecule has 0 aromatic carbocycles. The second-order valence-corrected chi connectivity index (χ2v) is 18.8. The number of unbranched alkanes of at least 4 members (excludes halogenated alkanes) is 18. The molecule has 0 spiro atoms. The van der Waals surface area contributed by atoms with Crippen LogP contribution in [0.5, 0.6) is 0 Å². The van der Waals surface area contributed by atoms with Gasteiger partial charge in [-0.25, -0.2) is 0 Å². The fraction of sp³-hybridized carbons (Fsp3) is 0.621. The molecule has 6 nitrogen and oxygen atoms in total. The van der Waals surface area contributed by atoms with Crippen molar-refractivity contribution in [3.63, 3.8) is 0 Å². The molecule has 406 valence electrons. The molecule has 0 heterocycles. The quantitative estimate of drug-likeness (QED) is 0.0261. The van der Waals surface area contributed by atoms with Crippen molar-refractivity contribution in [2.45, 2.75) is 252 Å². The normalized spacial score (nSPS) is 13.1. The smallest absolute Gasteiger partial charge is 0.306 e. The molecular formula is C66H106O6. The molecule has 1 unspecified atom stereocenters. The molecule has 0 aliphatic rings. The zero-order valence-corrected chi connectivity index (χ0v) is 46.4. The molecule has 0 aliphatic heterocycles. The van der Waals surface area contributed by atoms with Crippen LogP contribution in [0, 0.1) is 0 Å². The minimum Gasteiger partial charge on any atom is -0.462 e. The largest absolute Gasteiger partial charge is 0.462 e. The molecule has 0 saturated carbocycles. The van der Waals surface area contributed by atoms with Gasteiger partial charge in [0.1, 0.15) is 13.2 Å². The Labute approximate surface area is 443 Å². The standard InChI is InChI=1S/C66H106O6/c1-4-7-10-13-16-18-20-22-23-24-25-26-27-28-29-30-31-32-33-34-35-36-37-38-39-40-41-42-43-45-46-48-50-53-56-59-65(68)71-62-63(61-70-64(67)58-55-52-15-12-9-6-3)72-66(69)60-57-54-51-49-47-44-21-19-17-14-11-8-5-2/h7,10-11,14,16,18-19,21-23,25-26,28-29,31-32,34-35,37-38,40-41,63H,4-6,8-9,12-13,15,17,20,24,27,30,33,36,39,42-62H2,1-3H3/b10-7-,14-11-,18-16-,21-19-,23-22-,26-25-,29-28-,32-31-,35-34-,38-37-,41-40-. The third kappa shape index (κ3) is 56.5. The molecule has 6 heteroatoms. The van der Waals surface area contributed by atoms with Gasteiger partial charge < -0.3 is 14.2 Å². The van der Waals surface area contributed by atoms with Crippen molar-refractivity contribution in [2.24, 2.45) is 0 Å². The first kappa shape index (κ1) is 67.5. The Kier molecular flexibility index (Phi) is 55.5. The zero-order valence-electron chi connectivity index (χ0n) is 46.4. The van der Waals surface area contributed by atoms with E-state index in [1.54, 1.807) is 0 Å². The first-order valence-electron chi connectivity index (χ1n) is 29.2. The molecule has 0 bridgehead atoms. The number of carbonyl (C=O) groups is 3. The van der Waals surface area contributed by atoms with Crippen LogP contribution < -0.4 is 0 Å². The van der Waals surface area contributed by atoms with E-state index in [-0.39, 0.29) is 31.1 Å². The third-order valence-corrected chi connectivity index (χ3v) is 11.9. The number of carbonyl (C=O) groups excluding carboxylic acids is 3. The number of esters is 3. The lowest BCUT2D eigenvalue weighted by atomic mass is 10.1. The summed E-state index contributed by atoms with van der Waals surface area (Å²) in [5, 5.41) is 0. The molecule has 0 amide bonds. The molecule has 0 fully saturated rings. The molecule has 0 radical (unpaired) electrons. The van der Waals surface area contributed by atoms with Crippen LogP contribution in [0.3, 0.4) is 0 Å². The highest BCUT2D eigenvalue weighted by atomic mass is 16.6. The van der Waals surface area contributed by atoms with Crippen molar-refractivity contribution in [1.82, 2.24) is 0 Å². The maximum Gasteiger partial charge on any atom is 0.306 e. The van der Waals surface area contributed by atoms with E-state index in [2.05, 4.69) is 154 Å². The predicted octanol–water partition coefficient (Wildman–Crippen LogP) is 19.8. The van der Waals surface area contributed by atoms with Crippen molar-refractivity contribution >= 4 is 17.9 Å². The molecule has 0 N–H and O–H groups in total. The van der Waals surface area contributed by atoms with Gasteiger partial charge in [-0.1, -0.05) is 244 Å². The highest BCUT2D eigenvalue weighted by molar-refractivity contribution is 5.71. The van der Waals surface area contributed by atoms with Crippen molar-refractivity contribution in [3.8, 4) is 0 Å². The van der Waals surface area contributed by atoms with Gasteiger partial charge in [-0.3, -0.25) is 14.4 Å². The summed E-state index contributed by atoms with van der Waals surface area (Å²) in [6.07, 6.45) is 83.4. The Morgan fingerprint density at radius 1 is 0.292 bits per heavy atom. The lowest BCUT2D eigenvalue weighted by molar-refractivity contribution is -0.167. The van der Waals surface area contributed by atoms with E-state index >= 15 is 0 Å². The first-order valence-corrected chi connectivity index (χ1v) is 29.2. The van der Waals surface area contributed by atoms with Crippen LogP contribution in [0.25, 0.3) is 0 Å². The van der Waals surface area contributed by atoms with Crippen LogP contribution >= 0.6 is 0 Å². The Morgan fingerprint density at radius 3 is 0.903 bits per heavy atom. The number of rotatable bonds is 51. The van der Waals surface area contributed by atoms with Crippen molar-refractivity contribution in [3.05, 3.63) is 134 Å². The van der Waals surface area contributed by atoms with E-state index in [4.69, 9.17) is 14.2 Å². The number of allylic oxidation sites excluding steroid dienone is 22. The highest BCUT2D eigenvalue weighted by Crippen LogP contribution is 2.14. The minimum atomic E-state index is -0.789. The summed E-state index contributed by atoms with van der Waals surface area (Å²) in [4.78, 5) is 37.8. The first-order chi connectivity index (χ1) is 35.5. The second kappa shape index (κ2) is 59.1. The van der Waals surface area contributed by atoms with Gasteiger partial charge in [-0.2, -0.15) is 0 Å². The van der Waals surface area contributed by atoms with Gasteiger partial charge in [0, 0.05) is 19.3 Å². The average Bonchev–Trinajstić information content (AvgIpc) is 3.38. The van der Waals surface area contributed by atoms with Gasteiger partial charge in [0.15, 0.2) is 6.10 Å². The molecule has 0 aromatic rings. The summed E-state index contributed by atoms with van der Waals surface area (Å²) >= 11 is 0. The SMILES string of the molecule is CC/C=C\C/C=C\C/C=C\C/C=C\C/C=C\C/C=C\C/C=C\C/C=C\C/C=C\CCCCCCCCCC(=O)OCC(COC(=O)CCCCCCCC)OC(=O)CCCCCCC/C=C\C/C=C\CCC. The average molecular weight is 996 g/mol. The van der Waals surface area contributed by atoms with E-state index in [1.807, 2.05) is 0 Å². The summed E-state index contributed by atoms with van der Waals surface area (Å²) in [5.41, 5.74) is 0. The van der Waals surface area contributed by atoms with Crippen molar-refractivity contribution in [1.29, 1.82) is 0 Å². The van der Waals surface area contributed by atoms with Gasteiger partial charge in [0.2, 0.25) is 0 Å². The van der Waals surface area contributed by atoms with Crippen LogP contribution in [-0.2, 0) is 28.6 Å². The topological polar surface area (TPSA) is 78.9 Å². The van der Waals surface area contributed by atoms with Gasteiger partial charge in [-0.15, -0.1) is 0 Å². The monoisotopic (exact) mass is 995 g/mol. The van der Waals surface area contributed by atoms with Crippen LogP contribution in [0.2, 0.25) is 0 Å². The summed E-state index contributed by atoms with van der Waals surface area (Å²) in [6.45, 7) is 6.36. The van der Waals surface area contributed by atoms with Gasteiger partial charge in [0.05, 0.1) is 0 Å². The zero-order chi connectivity index (χ0) is 52.2. The van der Waals surface area contributed by atoms with E-state index in [9.17, 15) is 14.4 Å². The fourth-order valence-corrected chi connectivity index (χ4v) is 7.53. The maximum atomic E-state index is 12.7. The van der Waals surface area contributed by atoms with Crippen molar-refractivity contribution in [2.75, 3.05) is 13.2 Å². The van der Waals surface area contributed by atoms with Crippen LogP contribution in [0.4, 0.5) is 0 Å². The summed E-state index contributed by atoms with van der Waals surface area (Å²) in [7, 11) is 0. The molecule has 0 aliphatic carbocycles. The number of hydrogen-bond acceptors (Lipinski definition) is 6. The molecule has 72 heavy (non-hydrogen) atoms. The highest BCUT2D eigenvalue weighted by Gasteiger charge is 2.19. The lowest BCUT2D eigenvalue weighted by Crippen LogP contribution is -2.30. The van der Waals surface area contributed by atoms with Gasteiger partial charge in [-0.05, 0) is 116 Å². The van der Waals surface area contributed by atoms with Crippen LogP contribution in [0.15, 0.2) is 134 Å². The molecule has 0 saturated heterocycles. The van der Waals surface area contributed by atoms with Gasteiger partial charge in [0.25, 0.3) is 0 Å². The van der Waals surface area contributed by atoms with E-state index in [0.717, 1.165) is 154 Å². The fourth-order valence-electron chi connectivity index (χ4n) is 7.53. The van der Waals surface area contributed by atoms with Gasteiger partial charge >= 0.3 is 17.9 Å². The number of ether oxygens (including phenoxy) is 3. The molecule has 0 aromatic heterocycles. The summed E-state index contributed by atoms with van der Waals surface area (Å²) < 4.78 is 16.7. The summed E-state index contributed by atoms with van der Waals surface area (Å²) in [6, 6.07) is 0. The summed E-state index contributed by atoms with van der Waals surface area (Å²) in [5.74, 6) is -0.932.